The van der Waals surface area contributed by atoms with E-state index in [1.54, 1.807) is 11.3 Å². The standard InChI is InChI=1S/C13H12BrNOS/c14-12-7-6-10(17-12)8-11(16)13(15)9-4-2-1-3-5-9/h1-7,13H,8,15H2. The van der Waals surface area contributed by atoms with Crippen molar-refractivity contribution in [3.8, 4) is 0 Å². The van der Waals surface area contributed by atoms with Crippen molar-refractivity contribution < 1.29 is 4.79 Å². The fourth-order valence-corrected chi connectivity index (χ4v) is 3.07. The zero-order valence-electron chi connectivity index (χ0n) is 9.10. The monoisotopic (exact) mass is 309 g/mol. The Morgan fingerprint density at radius 3 is 2.53 bits per heavy atom. The van der Waals surface area contributed by atoms with E-state index in [4.69, 9.17) is 5.73 Å². The number of Topliss-reactive ketones (excluding diaryl/α,β-unsaturated/α-hetero) is 1. The second kappa shape index (κ2) is 5.58. The highest BCUT2D eigenvalue weighted by molar-refractivity contribution is 9.11. The third kappa shape index (κ3) is 3.25. The van der Waals surface area contributed by atoms with Gasteiger partial charge in [0.2, 0.25) is 0 Å². The van der Waals surface area contributed by atoms with E-state index in [0.29, 0.717) is 6.42 Å². The van der Waals surface area contributed by atoms with Gasteiger partial charge in [0, 0.05) is 11.3 Å². The molecule has 0 amide bonds. The van der Waals surface area contributed by atoms with Crippen molar-refractivity contribution in [3.05, 3.63) is 56.7 Å². The fraction of sp³-hybridized carbons (Fsp3) is 0.154. The number of halogens is 1. The Kier molecular flexibility index (Phi) is 4.10. The van der Waals surface area contributed by atoms with Gasteiger partial charge in [-0.25, -0.2) is 0 Å². The van der Waals surface area contributed by atoms with Crippen LogP contribution >= 0.6 is 27.3 Å². The van der Waals surface area contributed by atoms with Crippen LogP contribution in [0.25, 0.3) is 0 Å². The summed E-state index contributed by atoms with van der Waals surface area (Å²) in [5.41, 5.74) is 6.81. The minimum Gasteiger partial charge on any atom is -0.318 e. The van der Waals surface area contributed by atoms with Gasteiger partial charge in [0.05, 0.1) is 9.83 Å². The molecule has 4 heteroatoms. The first-order chi connectivity index (χ1) is 8.16. The summed E-state index contributed by atoms with van der Waals surface area (Å²) in [7, 11) is 0. The van der Waals surface area contributed by atoms with E-state index in [2.05, 4.69) is 15.9 Å². The Morgan fingerprint density at radius 2 is 1.94 bits per heavy atom. The number of nitrogens with two attached hydrogens (primary N) is 1. The van der Waals surface area contributed by atoms with E-state index in [9.17, 15) is 4.79 Å². The second-order valence-corrected chi connectivity index (χ2v) is 6.28. The third-order valence-corrected chi connectivity index (χ3v) is 4.11. The van der Waals surface area contributed by atoms with E-state index in [1.807, 2.05) is 42.5 Å². The van der Waals surface area contributed by atoms with Crippen LogP contribution in [-0.2, 0) is 11.2 Å². The summed E-state index contributed by atoms with van der Waals surface area (Å²) >= 11 is 4.95. The van der Waals surface area contributed by atoms with Gasteiger partial charge in [-0.2, -0.15) is 0 Å². The average Bonchev–Trinajstić information content (AvgIpc) is 2.75. The highest BCUT2D eigenvalue weighted by atomic mass is 79.9. The predicted octanol–water partition coefficient (Wildman–Crippen LogP) is 3.32. The van der Waals surface area contributed by atoms with Gasteiger partial charge in [0.15, 0.2) is 5.78 Å². The van der Waals surface area contributed by atoms with Crippen LogP contribution in [0.15, 0.2) is 46.3 Å². The van der Waals surface area contributed by atoms with Crippen molar-refractivity contribution in [3.63, 3.8) is 0 Å². The van der Waals surface area contributed by atoms with E-state index < -0.39 is 6.04 Å². The molecular formula is C13H12BrNOS. The molecule has 0 saturated heterocycles. The molecule has 0 spiro atoms. The molecule has 2 nitrogen and oxygen atoms in total. The van der Waals surface area contributed by atoms with Crippen LogP contribution in [0, 0.1) is 0 Å². The maximum Gasteiger partial charge on any atom is 0.159 e. The van der Waals surface area contributed by atoms with Crippen LogP contribution in [0.5, 0.6) is 0 Å². The molecule has 17 heavy (non-hydrogen) atoms. The number of carbonyl (C=O) groups is 1. The molecule has 0 radical (unpaired) electrons. The summed E-state index contributed by atoms with van der Waals surface area (Å²) in [6.45, 7) is 0. The lowest BCUT2D eigenvalue weighted by molar-refractivity contribution is -0.119. The van der Waals surface area contributed by atoms with Crippen LogP contribution < -0.4 is 5.73 Å². The maximum absolute atomic E-state index is 12.0. The summed E-state index contributed by atoms with van der Waals surface area (Å²) in [6.07, 6.45) is 0.395. The van der Waals surface area contributed by atoms with Crippen molar-refractivity contribution in [1.82, 2.24) is 0 Å². The van der Waals surface area contributed by atoms with Crippen LogP contribution in [0.3, 0.4) is 0 Å². The number of ketones is 1. The molecule has 1 atom stereocenters. The number of rotatable bonds is 4. The first-order valence-corrected chi connectivity index (χ1v) is 6.85. The summed E-state index contributed by atoms with van der Waals surface area (Å²) in [6, 6.07) is 12.8. The van der Waals surface area contributed by atoms with Crippen LogP contribution in [0.2, 0.25) is 0 Å². The molecule has 88 valence electrons. The lowest BCUT2D eigenvalue weighted by Crippen LogP contribution is -2.22. The fourth-order valence-electron chi connectivity index (χ4n) is 1.57. The number of hydrogen-bond donors (Lipinski definition) is 1. The quantitative estimate of drug-likeness (QED) is 0.941. The molecule has 0 aliphatic heterocycles. The van der Waals surface area contributed by atoms with Gasteiger partial charge < -0.3 is 5.73 Å². The van der Waals surface area contributed by atoms with E-state index >= 15 is 0 Å². The Balaban J connectivity index is 2.06. The Hall–Kier alpha value is -0.970. The smallest absolute Gasteiger partial charge is 0.159 e. The highest BCUT2D eigenvalue weighted by Gasteiger charge is 2.16. The van der Waals surface area contributed by atoms with Crippen molar-refractivity contribution in [1.29, 1.82) is 0 Å². The number of benzene rings is 1. The molecule has 1 unspecified atom stereocenters. The first-order valence-electron chi connectivity index (χ1n) is 5.24. The Labute approximate surface area is 113 Å². The zero-order chi connectivity index (χ0) is 12.3. The molecule has 0 saturated carbocycles. The van der Waals surface area contributed by atoms with Crippen molar-refractivity contribution in [2.45, 2.75) is 12.5 Å². The topological polar surface area (TPSA) is 43.1 Å². The van der Waals surface area contributed by atoms with E-state index in [1.165, 1.54) is 0 Å². The molecule has 1 aromatic heterocycles. The SMILES string of the molecule is NC(C(=O)Cc1ccc(Br)s1)c1ccccc1. The minimum absolute atomic E-state index is 0.0468. The van der Waals surface area contributed by atoms with Gasteiger partial charge in [-0.1, -0.05) is 30.3 Å². The minimum atomic E-state index is -0.530. The third-order valence-electron chi connectivity index (χ3n) is 2.48. The summed E-state index contributed by atoms with van der Waals surface area (Å²) in [5, 5.41) is 0. The van der Waals surface area contributed by atoms with Gasteiger partial charge in [-0.15, -0.1) is 11.3 Å². The molecule has 0 bridgehead atoms. The van der Waals surface area contributed by atoms with Crippen molar-refractivity contribution in [2.75, 3.05) is 0 Å². The first kappa shape index (κ1) is 12.5. The van der Waals surface area contributed by atoms with Gasteiger partial charge in [0.25, 0.3) is 0 Å². The molecule has 2 N–H and O–H groups in total. The molecule has 1 heterocycles. The van der Waals surface area contributed by atoms with Crippen LogP contribution in [0.4, 0.5) is 0 Å². The molecule has 0 aliphatic carbocycles. The van der Waals surface area contributed by atoms with E-state index in [0.717, 1.165) is 14.2 Å². The van der Waals surface area contributed by atoms with Crippen LogP contribution in [0.1, 0.15) is 16.5 Å². The number of carbonyl (C=O) groups excluding carboxylic acids is 1. The maximum atomic E-state index is 12.0. The van der Waals surface area contributed by atoms with Gasteiger partial charge in [-0.05, 0) is 33.6 Å². The lowest BCUT2D eigenvalue weighted by atomic mass is 10.0. The second-order valence-electron chi connectivity index (χ2n) is 3.74. The van der Waals surface area contributed by atoms with Crippen molar-refractivity contribution in [2.24, 2.45) is 5.73 Å². The summed E-state index contributed by atoms with van der Waals surface area (Å²) < 4.78 is 1.04. The van der Waals surface area contributed by atoms with Gasteiger partial charge in [0.1, 0.15) is 0 Å². The summed E-state index contributed by atoms with van der Waals surface area (Å²) in [5.74, 6) is 0.0468. The zero-order valence-corrected chi connectivity index (χ0v) is 11.5. The highest BCUT2D eigenvalue weighted by Crippen LogP contribution is 2.24. The number of hydrogen-bond acceptors (Lipinski definition) is 3. The Bertz CT molecular complexity index is 509. The molecule has 2 rings (SSSR count). The predicted molar refractivity (Wildman–Crippen MR) is 74.1 cm³/mol. The molecule has 0 aliphatic rings. The normalized spacial score (nSPS) is 12.4. The number of thiophene rings is 1. The Morgan fingerprint density at radius 1 is 1.24 bits per heavy atom. The lowest BCUT2D eigenvalue weighted by Gasteiger charge is -2.09. The van der Waals surface area contributed by atoms with Crippen molar-refractivity contribution >= 4 is 33.0 Å². The van der Waals surface area contributed by atoms with Gasteiger partial charge in [-0.3, -0.25) is 4.79 Å². The summed E-state index contributed by atoms with van der Waals surface area (Å²) in [4.78, 5) is 13.0. The largest absolute Gasteiger partial charge is 0.318 e. The van der Waals surface area contributed by atoms with E-state index in [-0.39, 0.29) is 5.78 Å². The molecule has 0 fully saturated rings. The average molecular weight is 310 g/mol. The molecule has 2 aromatic rings. The molecular weight excluding hydrogens is 298 g/mol. The van der Waals surface area contributed by atoms with Crippen LogP contribution in [-0.4, -0.2) is 5.78 Å². The molecule has 1 aromatic carbocycles. The van der Waals surface area contributed by atoms with Gasteiger partial charge >= 0.3 is 0 Å².